The van der Waals surface area contributed by atoms with Gasteiger partial charge in [-0.15, -0.1) is 0 Å². The van der Waals surface area contributed by atoms with Crippen molar-refractivity contribution >= 4 is 27.5 Å². The van der Waals surface area contributed by atoms with Crippen molar-refractivity contribution in [2.75, 3.05) is 19.3 Å². The molecule has 0 rings (SSSR count). The molecule has 0 atom stereocenters. The molecule has 0 aromatic heterocycles. The van der Waals surface area contributed by atoms with Gasteiger partial charge < -0.3 is 11.1 Å². The van der Waals surface area contributed by atoms with Gasteiger partial charge in [0, 0.05) is 24.1 Å². The normalized spacial score (nSPS) is 13.1. The molecule has 3 N–H and O–H groups in total. The number of hydrogen-bond donors (Lipinski definition) is 2. The second-order valence-corrected chi connectivity index (χ2v) is 6.80. The first-order valence-corrected chi connectivity index (χ1v) is 6.54. The largest absolute Gasteiger partial charge is 0.370 e. The van der Waals surface area contributed by atoms with E-state index >= 15 is 0 Å². The summed E-state index contributed by atoms with van der Waals surface area (Å²) in [4.78, 5) is 3.80. The van der Waals surface area contributed by atoms with E-state index in [4.69, 9.17) is 5.73 Å². The zero-order chi connectivity index (χ0) is 10.3. The quantitative estimate of drug-likeness (QED) is 0.328. The van der Waals surface area contributed by atoms with Crippen molar-refractivity contribution in [3.8, 4) is 0 Å². The maximum absolute atomic E-state index is 5.46. The molecule has 78 valence electrons. The average Bonchev–Trinajstić information content (AvgIpc) is 2.01. The fraction of sp³-hybridized carbons (Fsp3) is 0.875. The molecule has 0 aliphatic heterocycles. The van der Waals surface area contributed by atoms with Crippen LogP contribution in [-0.2, 0) is 0 Å². The summed E-state index contributed by atoms with van der Waals surface area (Å²) in [5.74, 6) is 1.55. The van der Waals surface area contributed by atoms with Crippen LogP contribution in [0.4, 0.5) is 0 Å². The molecule has 0 spiro atoms. The third kappa shape index (κ3) is 9.89. The minimum atomic E-state index is 0.328. The van der Waals surface area contributed by atoms with Crippen molar-refractivity contribution in [1.29, 1.82) is 0 Å². The molecule has 5 heteroatoms. The molecule has 3 nitrogen and oxygen atoms in total. The van der Waals surface area contributed by atoms with E-state index in [0.29, 0.717) is 10.7 Å². The predicted octanol–water partition coefficient (Wildman–Crippen LogP) is 1.70. The molecule has 0 aromatic rings. The number of nitrogens with two attached hydrogens (primary N) is 1. The molecule has 0 saturated carbocycles. The van der Waals surface area contributed by atoms with Gasteiger partial charge in [-0.05, 0) is 0 Å². The van der Waals surface area contributed by atoms with Gasteiger partial charge in [-0.2, -0.15) is 0 Å². The van der Waals surface area contributed by atoms with Crippen LogP contribution in [0.15, 0.2) is 4.99 Å². The molecule has 0 aromatic carbocycles. The van der Waals surface area contributed by atoms with Crippen molar-refractivity contribution in [3.63, 3.8) is 0 Å². The molecule has 0 aliphatic rings. The Morgan fingerprint density at radius 3 is 2.54 bits per heavy atom. The van der Waals surface area contributed by atoms with Gasteiger partial charge in [0.25, 0.3) is 0 Å². The monoisotopic (exact) mass is 221 g/mol. The van der Waals surface area contributed by atoms with E-state index in [-0.39, 0.29) is 0 Å². The van der Waals surface area contributed by atoms with Crippen molar-refractivity contribution < 1.29 is 0 Å². The third-order valence-electron chi connectivity index (χ3n) is 1.04. The summed E-state index contributed by atoms with van der Waals surface area (Å²) in [5, 5.41) is 3.01. The maximum atomic E-state index is 5.46. The topological polar surface area (TPSA) is 50.4 Å². The summed E-state index contributed by atoms with van der Waals surface area (Å²) in [6, 6.07) is 0. The Bertz CT molecular complexity index is 163. The van der Waals surface area contributed by atoms with Gasteiger partial charge in [0.05, 0.1) is 0 Å². The van der Waals surface area contributed by atoms with Gasteiger partial charge >= 0.3 is 0 Å². The summed E-state index contributed by atoms with van der Waals surface area (Å²) in [7, 11) is 5.43. The Morgan fingerprint density at radius 2 is 2.08 bits per heavy atom. The lowest BCUT2D eigenvalue weighted by molar-refractivity contribution is 0.810. The van der Waals surface area contributed by atoms with E-state index in [1.54, 1.807) is 7.05 Å². The Kier molecular flexibility index (Phi) is 6.41. The molecule has 0 aliphatic carbocycles. The first kappa shape index (κ1) is 13.0. The van der Waals surface area contributed by atoms with Crippen LogP contribution in [0.1, 0.15) is 20.8 Å². The van der Waals surface area contributed by atoms with Crippen LogP contribution < -0.4 is 11.1 Å². The van der Waals surface area contributed by atoms with Crippen LogP contribution >= 0.6 is 21.6 Å². The van der Waals surface area contributed by atoms with E-state index in [1.807, 2.05) is 21.6 Å². The van der Waals surface area contributed by atoms with Gasteiger partial charge in [0.1, 0.15) is 0 Å². The molecule has 0 heterocycles. The molecule has 0 saturated heterocycles. The van der Waals surface area contributed by atoms with E-state index in [9.17, 15) is 0 Å². The van der Waals surface area contributed by atoms with Gasteiger partial charge in [0.15, 0.2) is 5.96 Å². The molecular formula is C8H19N3S2. The Morgan fingerprint density at radius 1 is 1.46 bits per heavy atom. The summed E-state index contributed by atoms with van der Waals surface area (Å²) in [6.45, 7) is 7.50. The Hall–Kier alpha value is -0.0300. The maximum Gasteiger partial charge on any atom is 0.188 e. The SMILES string of the molecule is CN=C(N)NCCSSC(C)(C)C. The number of nitrogens with zero attached hydrogens (tertiary/aromatic N) is 1. The van der Waals surface area contributed by atoms with Gasteiger partial charge in [-0.3, -0.25) is 4.99 Å². The number of rotatable bonds is 4. The molecule has 0 fully saturated rings. The number of aliphatic imine (C=N–C) groups is 1. The predicted molar refractivity (Wildman–Crippen MR) is 65.4 cm³/mol. The summed E-state index contributed by atoms with van der Waals surface area (Å²) >= 11 is 0. The smallest absolute Gasteiger partial charge is 0.188 e. The second kappa shape index (κ2) is 6.43. The molecule has 0 unspecified atom stereocenters. The van der Waals surface area contributed by atoms with E-state index < -0.39 is 0 Å². The van der Waals surface area contributed by atoms with Crippen molar-refractivity contribution in [3.05, 3.63) is 0 Å². The average molecular weight is 221 g/mol. The van der Waals surface area contributed by atoms with Crippen molar-refractivity contribution in [2.45, 2.75) is 25.5 Å². The minimum absolute atomic E-state index is 0.328. The van der Waals surface area contributed by atoms with Crippen molar-refractivity contribution in [2.24, 2.45) is 10.7 Å². The first-order valence-electron chi connectivity index (χ1n) is 4.22. The van der Waals surface area contributed by atoms with E-state index in [1.165, 1.54) is 0 Å². The van der Waals surface area contributed by atoms with Crippen molar-refractivity contribution in [1.82, 2.24) is 5.32 Å². The highest BCUT2D eigenvalue weighted by Gasteiger charge is 2.09. The van der Waals surface area contributed by atoms with E-state index in [2.05, 4.69) is 31.1 Å². The summed E-state index contributed by atoms with van der Waals surface area (Å²) < 4.78 is 0.328. The highest BCUT2D eigenvalue weighted by molar-refractivity contribution is 8.77. The van der Waals surface area contributed by atoms with Crippen LogP contribution in [0.5, 0.6) is 0 Å². The lowest BCUT2D eigenvalue weighted by Gasteiger charge is -2.16. The highest BCUT2D eigenvalue weighted by atomic mass is 33.1. The zero-order valence-corrected chi connectivity index (χ0v) is 10.4. The molecule has 0 radical (unpaired) electrons. The van der Waals surface area contributed by atoms with Gasteiger partial charge in [-0.1, -0.05) is 42.4 Å². The molecule has 0 amide bonds. The van der Waals surface area contributed by atoms with Gasteiger partial charge in [0.2, 0.25) is 0 Å². The fourth-order valence-electron chi connectivity index (χ4n) is 0.518. The first-order chi connectivity index (χ1) is 5.95. The summed E-state index contributed by atoms with van der Waals surface area (Å²) in [5.41, 5.74) is 5.46. The van der Waals surface area contributed by atoms with E-state index in [0.717, 1.165) is 12.3 Å². The van der Waals surface area contributed by atoms with Crippen LogP contribution in [0.3, 0.4) is 0 Å². The zero-order valence-electron chi connectivity index (χ0n) is 8.76. The number of hydrogen-bond acceptors (Lipinski definition) is 3. The van der Waals surface area contributed by atoms with Crippen LogP contribution in [-0.4, -0.2) is 30.1 Å². The lowest BCUT2D eigenvalue weighted by Crippen LogP contribution is -2.32. The number of guanidine groups is 1. The molecule has 13 heavy (non-hydrogen) atoms. The lowest BCUT2D eigenvalue weighted by atomic mass is 10.3. The molecular weight excluding hydrogens is 202 g/mol. The van der Waals surface area contributed by atoms with Crippen LogP contribution in [0.2, 0.25) is 0 Å². The number of nitrogens with one attached hydrogen (secondary N) is 1. The van der Waals surface area contributed by atoms with Crippen LogP contribution in [0, 0.1) is 0 Å². The highest BCUT2D eigenvalue weighted by Crippen LogP contribution is 2.34. The fourth-order valence-corrected chi connectivity index (χ4v) is 2.70. The molecule has 0 bridgehead atoms. The standard InChI is InChI=1S/C8H19N3S2/c1-8(2,3)13-12-6-5-11-7(9)10-4/h5-6H2,1-4H3,(H3,9,10,11). The Balaban J connectivity index is 3.28. The minimum Gasteiger partial charge on any atom is -0.370 e. The Labute approximate surface area is 88.7 Å². The van der Waals surface area contributed by atoms with Crippen LogP contribution in [0.25, 0.3) is 0 Å². The van der Waals surface area contributed by atoms with Gasteiger partial charge in [-0.25, -0.2) is 0 Å². The second-order valence-electron chi connectivity index (χ2n) is 3.55. The third-order valence-corrected chi connectivity index (χ3v) is 4.38. The summed E-state index contributed by atoms with van der Waals surface area (Å²) in [6.07, 6.45) is 0.